The molecule has 17 heavy (non-hydrogen) atoms. The van der Waals surface area contributed by atoms with Gasteiger partial charge in [0.1, 0.15) is 16.4 Å². The summed E-state index contributed by atoms with van der Waals surface area (Å²) in [6.45, 7) is 0. The average Bonchev–Trinajstić information content (AvgIpc) is 2.40. The Morgan fingerprint density at radius 1 is 1.06 bits per heavy atom. The molecule has 1 aromatic heterocycles. The Hall–Kier alpha value is -1.55. The van der Waals surface area contributed by atoms with E-state index in [-0.39, 0.29) is 5.82 Å². The number of aromatic nitrogens is 1. The van der Waals surface area contributed by atoms with E-state index in [2.05, 4.69) is 20.9 Å². The molecule has 0 radical (unpaired) electrons. The molecule has 1 heterocycles. The third kappa shape index (κ3) is 2.26. The van der Waals surface area contributed by atoms with E-state index in [9.17, 15) is 9.18 Å². The van der Waals surface area contributed by atoms with Crippen molar-refractivity contribution in [3.8, 4) is 0 Å². The molecule has 1 unspecified atom stereocenters. The number of rotatable bonds is 3. The summed E-state index contributed by atoms with van der Waals surface area (Å²) in [6, 6.07) is 9.31. The molecule has 2 aromatic rings. The van der Waals surface area contributed by atoms with Gasteiger partial charge in [0.05, 0.1) is 0 Å². The minimum atomic E-state index is -0.955. The Morgan fingerprint density at radius 2 is 1.59 bits per heavy atom. The maximum Gasteiger partial charge on any atom is 0.145 e. The number of aldehydes is 1. The zero-order chi connectivity index (χ0) is 12.3. The van der Waals surface area contributed by atoms with Crippen molar-refractivity contribution >= 4 is 22.2 Å². The van der Waals surface area contributed by atoms with Crippen LogP contribution < -0.4 is 0 Å². The average molecular weight is 294 g/mol. The van der Waals surface area contributed by atoms with E-state index in [0.717, 1.165) is 11.8 Å². The van der Waals surface area contributed by atoms with E-state index >= 15 is 0 Å². The molecule has 0 fully saturated rings. The van der Waals surface area contributed by atoms with Gasteiger partial charge >= 0.3 is 0 Å². The van der Waals surface area contributed by atoms with Crippen molar-refractivity contribution in [3.05, 3.63) is 65.7 Å². The van der Waals surface area contributed by atoms with Crippen LogP contribution in [0.4, 0.5) is 4.39 Å². The van der Waals surface area contributed by atoms with Gasteiger partial charge in [-0.2, -0.15) is 0 Å². The molecule has 0 bridgehead atoms. The van der Waals surface area contributed by atoms with Crippen LogP contribution in [0.2, 0.25) is 0 Å². The number of alkyl halides is 1. The second-order valence-electron chi connectivity index (χ2n) is 3.57. The number of hydrogen-bond donors (Lipinski definition) is 0. The molecule has 1 atom stereocenters. The van der Waals surface area contributed by atoms with Gasteiger partial charge in [-0.25, -0.2) is 4.39 Å². The molecule has 4 heteroatoms. The first-order valence-electron chi connectivity index (χ1n) is 4.98. The topological polar surface area (TPSA) is 30.0 Å². The molecular formula is C13H9BrFNO. The van der Waals surface area contributed by atoms with Gasteiger partial charge < -0.3 is 4.79 Å². The third-order valence-corrected chi connectivity index (χ3v) is 3.63. The quantitative estimate of drug-likeness (QED) is 0.643. The van der Waals surface area contributed by atoms with Crippen LogP contribution in [0.15, 0.2) is 48.8 Å². The highest BCUT2D eigenvalue weighted by atomic mass is 79.9. The normalized spacial score (nSPS) is 14.0. The molecule has 0 N–H and O–H groups in total. The van der Waals surface area contributed by atoms with Crippen molar-refractivity contribution in [1.29, 1.82) is 0 Å². The summed E-state index contributed by atoms with van der Waals surface area (Å²) < 4.78 is 11.9. The highest BCUT2D eigenvalue weighted by molar-refractivity contribution is 9.10. The molecule has 1 aromatic carbocycles. The lowest BCUT2D eigenvalue weighted by atomic mass is 9.93. The summed E-state index contributed by atoms with van der Waals surface area (Å²) in [5.74, 6) is -0.329. The zero-order valence-electron chi connectivity index (χ0n) is 8.81. The van der Waals surface area contributed by atoms with Crippen molar-refractivity contribution in [3.63, 3.8) is 0 Å². The smallest absolute Gasteiger partial charge is 0.145 e. The summed E-state index contributed by atoms with van der Waals surface area (Å²) in [5, 5.41) is 0. The van der Waals surface area contributed by atoms with Crippen LogP contribution in [0.3, 0.4) is 0 Å². The van der Waals surface area contributed by atoms with Crippen LogP contribution in [-0.2, 0) is 9.12 Å². The van der Waals surface area contributed by atoms with Crippen molar-refractivity contribution in [2.45, 2.75) is 4.32 Å². The van der Waals surface area contributed by atoms with Crippen molar-refractivity contribution in [2.75, 3.05) is 0 Å². The fourth-order valence-electron chi connectivity index (χ4n) is 1.59. The first-order valence-corrected chi connectivity index (χ1v) is 5.78. The predicted octanol–water partition coefficient (Wildman–Crippen LogP) is 3.06. The summed E-state index contributed by atoms with van der Waals surface area (Å²) in [4.78, 5) is 15.3. The first kappa shape index (κ1) is 11.9. The second-order valence-corrected chi connectivity index (χ2v) is 4.82. The summed E-state index contributed by atoms with van der Waals surface area (Å²) in [6.07, 6.45) is 4.01. The van der Waals surface area contributed by atoms with Crippen molar-refractivity contribution in [1.82, 2.24) is 4.98 Å². The van der Waals surface area contributed by atoms with Gasteiger partial charge in [0, 0.05) is 12.4 Å². The van der Waals surface area contributed by atoms with E-state index in [1.807, 2.05) is 0 Å². The molecule has 0 aliphatic heterocycles. The number of pyridine rings is 1. The lowest BCUT2D eigenvalue weighted by molar-refractivity contribution is -0.109. The van der Waals surface area contributed by atoms with Crippen LogP contribution in [-0.4, -0.2) is 11.3 Å². The number of halogens is 2. The van der Waals surface area contributed by atoms with Gasteiger partial charge in [0.25, 0.3) is 0 Å². The standard InChI is InChI=1S/C13H9BrFNO/c14-13(9-17,11-5-7-16-8-6-11)10-1-3-12(15)4-2-10/h1-9H. The van der Waals surface area contributed by atoms with E-state index in [0.29, 0.717) is 5.56 Å². The monoisotopic (exact) mass is 293 g/mol. The van der Waals surface area contributed by atoms with Crippen molar-refractivity contribution < 1.29 is 9.18 Å². The van der Waals surface area contributed by atoms with Crippen LogP contribution in [0, 0.1) is 5.82 Å². The highest BCUT2D eigenvalue weighted by Crippen LogP contribution is 2.36. The van der Waals surface area contributed by atoms with Gasteiger partial charge in [0.2, 0.25) is 0 Å². The van der Waals surface area contributed by atoms with E-state index in [1.54, 1.807) is 36.7 Å². The van der Waals surface area contributed by atoms with Crippen LogP contribution in [0.25, 0.3) is 0 Å². The second kappa shape index (κ2) is 4.75. The van der Waals surface area contributed by atoms with Crippen molar-refractivity contribution in [2.24, 2.45) is 0 Å². The number of benzene rings is 1. The van der Waals surface area contributed by atoms with Gasteiger partial charge in [-0.15, -0.1) is 0 Å². The molecular weight excluding hydrogens is 285 g/mol. The Kier molecular flexibility index (Phi) is 3.33. The van der Waals surface area contributed by atoms with Gasteiger partial charge in [-0.05, 0) is 35.4 Å². The number of hydrogen-bond acceptors (Lipinski definition) is 2. The summed E-state index contributed by atoms with van der Waals surface area (Å²) in [7, 11) is 0. The third-order valence-electron chi connectivity index (χ3n) is 2.53. The summed E-state index contributed by atoms with van der Waals surface area (Å²) in [5.41, 5.74) is 1.44. The molecule has 0 aliphatic rings. The van der Waals surface area contributed by atoms with E-state index in [4.69, 9.17) is 0 Å². The molecule has 0 amide bonds. The number of carbonyl (C=O) groups is 1. The largest absolute Gasteiger partial charge is 0.301 e. The van der Waals surface area contributed by atoms with E-state index < -0.39 is 4.32 Å². The first-order chi connectivity index (χ1) is 8.16. The molecule has 86 valence electrons. The lowest BCUT2D eigenvalue weighted by Crippen LogP contribution is -2.21. The minimum absolute atomic E-state index is 0.329. The van der Waals surface area contributed by atoms with Crippen LogP contribution in [0.1, 0.15) is 11.1 Å². The van der Waals surface area contributed by atoms with Gasteiger partial charge in [-0.1, -0.05) is 28.1 Å². The molecule has 0 aliphatic carbocycles. The predicted molar refractivity (Wildman–Crippen MR) is 66.4 cm³/mol. The minimum Gasteiger partial charge on any atom is -0.301 e. The van der Waals surface area contributed by atoms with E-state index in [1.165, 1.54) is 12.1 Å². The van der Waals surface area contributed by atoms with Crippen LogP contribution in [0.5, 0.6) is 0 Å². The SMILES string of the molecule is O=CC(Br)(c1ccncc1)c1ccc(F)cc1. The highest BCUT2D eigenvalue weighted by Gasteiger charge is 2.30. The Morgan fingerprint density at radius 3 is 2.12 bits per heavy atom. The molecule has 0 saturated heterocycles. The zero-order valence-corrected chi connectivity index (χ0v) is 10.4. The molecule has 2 rings (SSSR count). The Labute approximate surface area is 107 Å². The van der Waals surface area contributed by atoms with Gasteiger partial charge in [-0.3, -0.25) is 4.98 Å². The number of carbonyl (C=O) groups excluding carboxylic acids is 1. The fraction of sp³-hybridized carbons (Fsp3) is 0.0769. The fourth-order valence-corrected chi connectivity index (χ4v) is 2.12. The molecule has 0 saturated carbocycles. The maximum atomic E-state index is 12.9. The van der Waals surface area contributed by atoms with Gasteiger partial charge in [0.15, 0.2) is 0 Å². The summed E-state index contributed by atoms with van der Waals surface area (Å²) >= 11 is 3.41. The maximum absolute atomic E-state index is 12.9. The van der Waals surface area contributed by atoms with Crippen LogP contribution >= 0.6 is 15.9 Å². The lowest BCUT2D eigenvalue weighted by Gasteiger charge is -2.21. The number of nitrogens with zero attached hydrogens (tertiary/aromatic N) is 1. The Balaban J connectivity index is 2.51. The molecule has 0 spiro atoms. The Bertz CT molecular complexity index is 515. The molecule has 2 nitrogen and oxygen atoms in total.